The molecule has 4 rings (SSSR count). The highest BCUT2D eigenvalue weighted by atomic mass is 14.3. The molecule has 0 radical (unpaired) electrons. The third-order valence-corrected chi connectivity index (χ3v) is 5.79. The second-order valence-electron chi connectivity index (χ2n) is 6.95. The molecule has 106 valence electrons. The number of hydrogen-bond donors (Lipinski definition) is 0. The Morgan fingerprint density at radius 2 is 1.05 bits per heavy atom. The molecule has 20 heavy (non-hydrogen) atoms. The number of rotatable bonds is 3. The highest BCUT2D eigenvalue weighted by Gasteiger charge is 2.23. The molecule has 4 aliphatic carbocycles. The zero-order valence-electron chi connectivity index (χ0n) is 12.6. The predicted molar refractivity (Wildman–Crippen MR) is 85.6 cm³/mol. The second-order valence-corrected chi connectivity index (χ2v) is 6.95. The van der Waals surface area contributed by atoms with Crippen LogP contribution >= 0.6 is 0 Å². The van der Waals surface area contributed by atoms with Gasteiger partial charge in [0.1, 0.15) is 0 Å². The van der Waals surface area contributed by atoms with Gasteiger partial charge in [-0.25, -0.2) is 0 Å². The van der Waals surface area contributed by atoms with E-state index in [1.165, 1.54) is 77.0 Å². The van der Waals surface area contributed by atoms with Crippen LogP contribution in [0.3, 0.4) is 0 Å². The maximum absolute atomic E-state index is 2.54. The van der Waals surface area contributed by atoms with Gasteiger partial charge in [0.15, 0.2) is 0 Å². The Morgan fingerprint density at radius 3 is 1.55 bits per heavy atom. The van der Waals surface area contributed by atoms with Crippen LogP contribution in [0.25, 0.3) is 0 Å². The first-order valence-electron chi connectivity index (χ1n) is 8.72. The van der Waals surface area contributed by atoms with E-state index in [4.69, 9.17) is 0 Å². The maximum atomic E-state index is 2.54. The molecular weight excluding hydrogens is 240 g/mol. The van der Waals surface area contributed by atoms with Crippen molar-refractivity contribution >= 4 is 0 Å². The van der Waals surface area contributed by atoms with E-state index in [2.05, 4.69) is 12.2 Å². The van der Waals surface area contributed by atoms with E-state index in [-0.39, 0.29) is 0 Å². The maximum Gasteiger partial charge on any atom is -0.0127 e. The van der Waals surface area contributed by atoms with Crippen LogP contribution in [0.4, 0.5) is 0 Å². The summed E-state index contributed by atoms with van der Waals surface area (Å²) in [5, 5.41) is 0. The summed E-state index contributed by atoms with van der Waals surface area (Å²) in [6.45, 7) is 0. The Labute approximate surface area is 123 Å². The van der Waals surface area contributed by atoms with Crippen LogP contribution in [-0.4, -0.2) is 0 Å². The third kappa shape index (κ3) is 2.24. The lowest BCUT2D eigenvalue weighted by Crippen LogP contribution is -2.00. The highest BCUT2D eigenvalue weighted by Crippen LogP contribution is 2.42. The zero-order valence-corrected chi connectivity index (χ0v) is 12.6. The fraction of sp³-hybridized carbons (Fsp3) is 0.600. The lowest BCUT2D eigenvalue weighted by molar-refractivity contribution is 0.668. The number of hydrogen-bond acceptors (Lipinski definition) is 0. The van der Waals surface area contributed by atoms with Crippen LogP contribution in [-0.2, 0) is 0 Å². The summed E-state index contributed by atoms with van der Waals surface area (Å²) in [5.41, 5.74) is 10.5. The molecule has 0 aromatic carbocycles. The molecule has 0 aliphatic heterocycles. The minimum atomic E-state index is 1.28. The average molecular weight is 266 g/mol. The minimum absolute atomic E-state index is 1.28. The molecule has 0 nitrogen and oxygen atoms in total. The molecule has 0 bridgehead atoms. The molecule has 0 aromatic heterocycles. The van der Waals surface area contributed by atoms with Gasteiger partial charge in [-0.15, -0.1) is 0 Å². The van der Waals surface area contributed by atoms with Crippen molar-refractivity contribution in [3.8, 4) is 0 Å². The van der Waals surface area contributed by atoms with Crippen molar-refractivity contribution in [3.63, 3.8) is 0 Å². The van der Waals surface area contributed by atoms with E-state index >= 15 is 0 Å². The fourth-order valence-electron chi connectivity index (χ4n) is 4.68. The molecule has 0 fully saturated rings. The molecule has 0 aromatic rings. The van der Waals surface area contributed by atoms with Crippen molar-refractivity contribution in [2.75, 3.05) is 0 Å². The Hall–Kier alpha value is -1.04. The van der Waals surface area contributed by atoms with Gasteiger partial charge in [-0.1, -0.05) is 23.3 Å². The van der Waals surface area contributed by atoms with E-state index in [0.29, 0.717) is 0 Å². The summed E-state index contributed by atoms with van der Waals surface area (Å²) in [4.78, 5) is 0. The summed E-state index contributed by atoms with van der Waals surface area (Å²) in [7, 11) is 0. The van der Waals surface area contributed by atoms with E-state index in [9.17, 15) is 0 Å². The minimum Gasteiger partial charge on any atom is -0.0769 e. The van der Waals surface area contributed by atoms with Crippen LogP contribution in [0.5, 0.6) is 0 Å². The highest BCUT2D eigenvalue weighted by molar-refractivity contribution is 5.47. The van der Waals surface area contributed by atoms with Crippen molar-refractivity contribution < 1.29 is 0 Å². The van der Waals surface area contributed by atoms with Crippen molar-refractivity contribution in [3.05, 3.63) is 45.6 Å². The van der Waals surface area contributed by atoms with Gasteiger partial charge in [0.05, 0.1) is 0 Å². The molecule has 0 N–H and O–H groups in total. The molecule has 0 saturated heterocycles. The molecule has 4 aliphatic rings. The van der Waals surface area contributed by atoms with Gasteiger partial charge in [0.2, 0.25) is 0 Å². The Morgan fingerprint density at radius 1 is 0.600 bits per heavy atom. The van der Waals surface area contributed by atoms with Gasteiger partial charge < -0.3 is 0 Å². The molecular formula is C20H26. The Bertz CT molecular complexity index is 486. The van der Waals surface area contributed by atoms with Crippen LogP contribution in [0.15, 0.2) is 45.6 Å². The average Bonchev–Trinajstić information content (AvgIpc) is 3.09. The van der Waals surface area contributed by atoms with Crippen LogP contribution in [0.2, 0.25) is 0 Å². The molecule has 0 heteroatoms. The lowest BCUT2D eigenvalue weighted by atomic mass is 9.86. The number of allylic oxidation sites excluding steroid dienone is 8. The molecule has 0 unspecified atom stereocenters. The smallest absolute Gasteiger partial charge is 0.0127 e. The third-order valence-electron chi connectivity index (χ3n) is 5.79. The van der Waals surface area contributed by atoms with Crippen molar-refractivity contribution in [2.45, 2.75) is 77.0 Å². The normalized spacial score (nSPS) is 25.6. The van der Waals surface area contributed by atoms with Gasteiger partial charge in [0, 0.05) is 0 Å². The standard InChI is InChI=1S/C20H26/c1-3-7-19-15(5-1)9-11-17(19)13-14-18-12-10-16-6-2-4-8-20(16)18/h11-12H,1-10,13-14H2. The van der Waals surface area contributed by atoms with Crippen LogP contribution in [0, 0.1) is 0 Å². The molecule has 0 spiro atoms. The van der Waals surface area contributed by atoms with Gasteiger partial charge in [-0.3, -0.25) is 0 Å². The van der Waals surface area contributed by atoms with Crippen molar-refractivity contribution in [2.24, 2.45) is 0 Å². The largest absolute Gasteiger partial charge is 0.0769 e. The summed E-state index contributed by atoms with van der Waals surface area (Å²) in [6.07, 6.45) is 21.5. The van der Waals surface area contributed by atoms with Crippen LogP contribution < -0.4 is 0 Å². The molecule has 0 atom stereocenters. The first-order valence-corrected chi connectivity index (χ1v) is 8.72. The summed E-state index contributed by atoms with van der Waals surface area (Å²) in [5.74, 6) is 0. The van der Waals surface area contributed by atoms with E-state index in [1.807, 2.05) is 0 Å². The molecule has 0 saturated carbocycles. The van der Waals surface area contributed by atoms with Crippen LogP contribution in [0.1, 0.15) is 77.0 Å². The van der Waals surface area contributed by atoms with Crippen molar-refractivity contribution in [1.29, 1.82) is 0 Å². The van der Waals surface area contributed by atoms with E-state index < -0.39 is 0 Å². The lowest BCUT2D eigenvalue weighted by Gasteiger charge is -2.19. The predicted octanol–water partition coefficient (Wildman–Crippen LogP) is 6.17. The van der Waals surface area contributed by atoms with E-state index in [1.54, 1.807) is 33.4 Å². The fourth-order valence-corrected chi connectivity index (χ4v) is 4.68. The summed E-state index contributed by atoms with van der Waals surface area (Å²) < 4.78 is 0. The Balaban J connectivity index is 1.42. The first kappa shape index (κ1) is 12.7. The zero-order chi connectivity index (χ0) is 13.4. The quantitative estimate of drug-likeness (QED) is 0.573. The molecule has 0 heterocycles. The monoisotopic (exact) mass is 266 g/mol. The topological polar surface area (TPSA) is 0 Å². The second kappa shape index (κ2) is 5.39. The first-order chi connectivity index (χ1) is 9.92. The Kier molecular flexibility index (Phi) is 3.42. The SMILES string of the molecule is C1=C(CCC2=CCC3=C2CCCC3)C2=C(C1)CCCC2. The van der Waals surface area contributed by atoms with Gasteiger partial charge in [-0.05, 0) is 99.3 Å². The summed E-state index contributed by atoms with van der Waals surface area (Å²) >= 11 is 0. The van der Waals surface area contributed by atoms with E-state index in [0.717, 1.165) is 0 Å². The molecule has 0 amide bonds. The van der Waals surface area contributed by atoms with Gasteiger partial charge in [0.25, 0.3) is 0 Å². The summed E-state index contributed by atoms with van der Waals surface area (Å²) in [6, 6.07) is 0. The van der Waals surface area contributed by atoms with Crippen molar-refractivity contribution in [1.82, 2.24) is 0 Å². The van der Waals surface area contributed by atoms with Gasteiger partial charge >= 0.3 is 0 Å². The van der Waals surface area contributed by atoms with Gasteiger partial charge in [-0.2, -0.15) is 0 Å².